The summed E-state index contributed by atoms with van der Waals surface area (Å²) < 4.78 is 40.7. The lowest BCUT2D eigenvalue weighted by molar-refractivity contribution is -0.0515. The van der Waals surface area contributed by atoms with Crippen molar-refractivity contribution in [3.05, 3.63) is 78.1 Å². The summed E-state index contributed by atoms with van der Waals surface area (Å²) >= 11 is 0. The number of pyridine rings is 1. The average Bonchev–Trinajstić information content (AvgIpc) is 2.73. The van der Waals surface area contributed by atoms with Crippen LogP contribution in [0.1, 0.15) is 15.9 Å². The summed E-state index contributed by atoms with van der Waals surface area (Å²) in [4.78, 5) is 16.7. The molecule has 0 spiro atoms. The molecule has 0 saturated carbocycles. The number of methoxy groups -OCH3 is 1. The molecule has 150 valence electrons. The van der Waals surface area contributed by atoms with Crippen LogP contribution < -0.4 is 19.5 Å². The first-order chi connectivity index (χ1) is 14.1. The lowest BCUT2D eigenvalue weighted by Gasteiger charge is -2.14. The van der Waals surface area contributed by atoms with Crippen molar-refractivity contribution in [2.24, 2.45) is 0 Å². The molecule has 8 heteroatoms. The Morgan fingerprint density at radius 2 is 1.97 bits per heavy atom. The van der Waals surface area contributed by atoms with E-state index in [9.17, 15) is 13.6 Å². The SMILES string of the molecule is COc1cccc(C(=O)Nc2cccc(OCc3cccnc3)c2)c1OC(F)F. The van der Waals surface area contributed by atoms with Crippen molar-refractivity contribution < 1.29 is 27.8 Å². The van der Waals surface area contributed by atoms with Gasteiger partial charge in [-0.1, -0.05) is 18.2 Å². The van der Waals surface area contributed by atoms with Gasteiger partial charge in [-0.25, -0.2) is 0 Å². The van der Waals surface area contributed by atoms with E-state index in [0.29, 0.717) is 18.0 Å². The summed E-state index contributed by atoms with van der Waals surface area (Å²) in [6.45, 7) is -2.78. The Morgan fingerprint density at radius 3 is 2.69 bits per heavy atom. The minimum atomic E-state index is -3.10. The van der Waals surface area contributed by atoms with Crippen molar-refractivity contribution in [3.63, 3.8) is 0 Å². The van der Waals surface area contributed by atoms with Crippen LogP contribution in [0.2, 0.25) is 0 Å². The number of carbonyl (C=O) groups excluding carboxylic acids is 1. The van der Waals surface area contributed by atoms with Crippen molar-refractivity contribution in [3.8, 4) is 17.2 Å². The number of alkyl halides is 2. The molecule has 0 aliphatic carbocycles. The summed E-state index contributed by atoms with van der Waals surface area (Å²) in [6, 6.07) is 14.7. The summed E-state index contributed by atoms with van der Waals surface area (Å²) in [5.41, 5.74) is 1.25. The number of amides is 1. The summed E-state index contributed by atoms with van der Waals surface area (Å²) in [5, 5.41) is 2.65. The average molecular weight is 400 g/mol. The van der Waals surface area contributed by atoms with Gasteiger partial charge < -0.3 is 19.5 Å². The molecule has 3 rings (SSSR count). The van der Waals surface area contributed by atoms with Gasteiger partial charge in [0.25, 0.3) is 5.91 Å². The van der Waals surface area contributed by atoms with E-state index in [0.717, 1.165) is 5.56 Å². The van der Waals surface area contributed by atoms with Crippen LogP contribution in [-0.4, -0.2) is 24.6 Å². The van der Waals surface area contributed by atoms with Crippen molar-refractivity contribution in [2.75, 3.05) is 12.4 Å². The first kappa shape index (κ1) is 20.1. The monoisotopic (exact) mass is 400 g/mol. The lowest BCUT2D eigenvalue weighted by Crippen LogP contribution is -2.15. The zero-order valence-corrected chi connectivity index (χ0v) is 15.5. The third-order valence-corrected chi connectivity index (χ3v) is 3.87. The number of carbonyl (C=O) groups is 1. The van der Waals surface area contributed by atoms with E-state index < -0.39 is 12.5 Å². The van der Waals surface area contributed by atoms with Crippen molar-refractivity contribution in [1.29, 1.82) is 0 Å². The minimum absolute atomic E-state index is 0.0338. The smallest absolute Gasteiger partial charge is 0.387 e. The zero-order valence-electron chi connectivity index (χ0n) is 15.5. The molecule has 0 saturated heterocycles. The Labute approximate surface area is 166 Å². The maximum absolute atomic E-state index is 12.8. The highest BCUT2D eigenvalue weighted by Crippen LogP contribution is 2.33. The van der Waals surface area contributed by atoms with E-state index in [4.69, 9.17) is 9.47 Å². The number of rotatable bonds is 8. The highest BCUT2D eigenvalue weighted by molar-refractivity contribution is 6.06. The molecule has 1 amide bonds. The van der Waals surface area contributed by atoms with E-state index in [2.05, 4.69) is 15.0 Å². The highest BCUT2D eigenvalue weighted by Gasteiger charge is 2.20. The molecule has 1 heterocycles. The Kier molecular flexibility index (Phi) is 6.57. The molecule has 0 fully saturated rings. The van der Waals surface area contributed by atoms with Crippen LogP contribution in [0.3, 0.4) is 0 Å². The summed E-state index contributed by atoms with van der Waals surface area (Å²) in [7, 11) is 1.30. The van der Waals surface area contributed by atoms with Gasteiger partial charge in [-0.05, 0) is 30.3 Å². The fourth-order valence-electron chi connectivity index (χ4n) is 2.58. The van der Waals surface area contributed by atoms with Crippen LogP contribution in [0.15, 0.2) is 67.0 Å². The van der Waals surface area contributed by atoms with Crippen LogP contribution in [0.5, 0.6) is 17.2 Å². The Morgan fingerprint density at radius 1 is 1.14 bits per heavy atom. The van der Waals surface area contributed by atoms with Crippen molar-refractivity contribution >= 4 is 11.6 Å². The van der Waals surface area contributed by atoms with Gasteiger partial charge in [-0.15, -0.1) is 0 Å². The molecule has 3 aromatic rings. The second-order valence-corrected chi connectivity index (χ2v) is 5.85. The Balaban J connectivity index is 1.74. The first-order valence-corrected chi connectivity index (χ1v) is 8.61. The molecule has 6 nitrogen and oxygen atoms in total. The first-order valence-electron chi connectivity index (χ1n) is 8.61. The van der Waals surface area contributed by atoms with Crippen LogP contribution in [0, 0.1) is 0 Å². The van der Waals surface area contributed by atoms with Gasteiger partial charge >= 0.3 is 6.61 Å². The molecule has 29 heavy (non-hydrogen) atoms. The predicted molar refractivity (Wildman–Crippen MR) is 103 cm³/mol. The van der Waals surface area contributed by atoms with Crippen LogP contribution >= 0.6 is 0 Å². The molecule has 1 aromatic heterocycles. The maximum atomic E-state index is 12.8. The van der Waals surface area contributed by atoms with Crippen LogP contribution in [-0.2, 0) is 6.61 Å². The maximum Gasteiger partial charge on any atom is 0.387 e. The van der Waals surface area contributed by atoms with E-state index in [1.807, 2.05) is 12.1 Å². The van der Waals surface area contributed by atoms with E-state index in [-0.39, 0.29) is 17.1 Å². The van der Waals surface area contributed by atoms with E-state index in [1.54, 1.807) is 36.7 Å². The summed E-state index contributed by atoms with van der Waals surface area (Å²) in [6.07, 6.45) is 3.36. The Hall–Kier alpha value is -3.68. The van der Waals surface area contributed by atoms with E-state index >= 15 is 0 Å². The van der Waals surface area contributed by atoms with Gasteiger partial charge in [0.1, 0.15) is 12.4 Å². The van der Waals surface area contributed by atoms with E-state index in [1.165, 1.54) is 25.3 Å². The molecule has 1 N–H and O–H groups in total. The Bertz CT molecular complexity index is 968. The number of hydrogen-bond donors (Lipinski definition) is 1. The van der Waals surface area contributed by atoms with Crippen LogP contribution in [0.25, 0.3) is 0 Å². The number of aromatic nitrogens is 1. The molecule has 0 radical (unpaired) electrons. The standard InChI is InChI=1S/C21H18F2N2O4/c1-27-18-9-3-8-17(19(18)29-21(22)23)20(26)25-15-6-2-7-16(11-15)28-13-14-5-4-10-24-12-14/h2-12,21H,13H2,1H3,(H,25,26). The molecular weight excluding hydrogens is 382 g/mol. The molecular formula is C21H18F2N2O4. The third kappa shape index (κ3) is 5.41. The highest BCUT2D eigenvalue weighted by atomic mass is 19.3. The van der Waals surface area contributed by atoms with Gasteiger partial charge in [0.2, 0.25) is 0 Å². The van der Waals surface area contributed by atoms with Gasteiger partial charge in [0, 0.05) is 29.7 Å². The van der Waals surface area contributed by atoms with Gasteiger partial charge in [0.05, 0.1) is 12.7 Å². The zero-order chi connectivity index (χ0) is 20.6. The van der Waals surface area contributed by atoms with Gasteiger partial charge in [0.15, 0.2) is 11.5 Å². The second-order valence-electron chi connectivity index (χ2n) is 5.85. The molecule has 0 bridgehead atoms. The minimum Gasteiger partial charge on any atom is -0.493 e. The van der Waals surface area contributed by atoms with Crippen molar-refractivity contribution in [2.45, 2.75) is 13.2 Å². The van der Waals surface area contributed by atoms with Crippen molar-refractivity contribution in [1.82, 2.24) is 4.98 Å². The molecule has 0 aliphatic rings. The molecule has 0 atom stereocenters. The van der Waals surface area contributed by atoms with Gasteiger partial charge in [-0.2, -0.15) is 8.78 Å². The second kappa shape index (κ2) is 9.50. The number of nitrogens with one attached hydrogen (secondary N) is 1. The molecule has 0 aliphatic heterocycles. The number of nitrogens with zero attached hydrogens (tertiary/aromatic N) is 1. The third-order valence-electron chi connectivity index (χ3n) is 3.87. The number of halogens is 2. The number of hydrogen-bond acceptors (Lipinski definition) is 5. The van der Waals surface area contributed by atoms with Gasteiger partial charge in [-0.3, -0.25) is 9.78 Å². The summed E-state index contributed by atoms with van der Waals surface area (Å²) in [5.74, 6) is -0.386. The quantitative estimate of drug-likeness (QED) is 0.602. The lowest BCUT2D eigenvalue weighted by atomic mass is 10.1. The number of benzene rings is 2. The molecule has 2 aromatic carbocycles. The fraction of sp³-hybridized carbons (Fsp3) is 0.143. The predicted octanol–water partition coefficient (Wildman–Crippen LogP) is 4.52. The fourth-order valence-corrected chi connectivity index (χ4v) is 2.58. The number of anilines is 1. The van der Waals surface area contributed by atoms with Crippen LogP contribution in [0.4, 0.5) is 14.5 Å². The number of para-hydroxylation sites is 1. The number of ether oxygens (including phenoxy) is 3. The normalized spacial score (nSPS) is 10.5. The topological polar surface area (TPSA) is 69.7 Å². The largest absolute Gasteiger partial charge is 0.493 e. The molecule has 0 unspecified atom stereocenters.